The zero-order chi connectivity index (χ0) is 25.5. The predicted molar refractivity (Wildman–Crippen MR) is 136 cm³/mol. The molecule has 0 radical (unpaired) electrons. The minimum absolute atomic E-state index is 0.0544. The fraction of sp³-hybridized carbons (Fsp3) is 0.259. The summed E-state index contributed by atoms with van der Waals surface area (Å²) in [5, 5.41) is 10.0. The first kappa shape index (κ1) is 26.5. The molecule has 0 amide bonds. The maximum atomic E-state index is 13.7. The molecule has 0 aliphatic rings. The second-order valence-corrected chi connectivity index (χ2v) is 9.94. The monoisotopic (exact) mass is 497 g/mol. The van der Waals surface area contributed by atoms with Crippen molar-refractivity contribution in [3.05, 3.63) is 84.3 Å². The van der Waals surface area contributed by atoms with E-state index >= 15 is 0 Å². The van der Waals surface area contributed by atoms with Crippen molar-refractivity contribution in [3.63, 3.8) is 0 Å². The van der Waals surface area contributed by atoms with Crippen molar-refractivity contribution in [1.82, 2.24) is 4.98 Å². The van der Waals surface area contributed by atoms with Crippen LogP contribution >= 0.6 is 8.03 Å². The van der Waals surface area contributed by atoms with Crippen molar-refractivity contribution < 1.29 is 28.1 Å². The zero-order valence-electron chi connectivity index (χ0n) is 20.0. The molecule has 0 bridgehead atoms. The molecule has 2 aromatic carbocycles. The number of aliphatic hydroxyl groups is 1. The summed E-state index contributed by atoms with van der Waals surface area (Å²) in [6.07, 6.45) is -1.67. The first-order chi connectivity index (χ1) is 16.7. The van der Waals surface area contributed by atoms with E-state index in [2.05, 4.69) is 6.58 Å². The molecule has 0 saturated heterocycles. The molecule has 3 rings (SSSR count). The Morgan fingerprint density at radius 3 is 2.37 bits per heavy atom. The number of aliphatic hydroxyl groups excluding tert-OH is 1. The van der Waals surface area contributed by atoms with Crippen LogP contribution < -0.4 is 0 Å². The largest absolute Gasteiger partial charge is 0.426 e. The van der Waals surface area contributed by atoms with Crippen LogP contribution in [0.2, 0.25) is 0 Å². The number of hydrogen-bond acceptors (Lipinski definition) is 6. The molecule has 0 aliphatic carbocycles. The van der Waals surface area contributed by atoms with Gasteiger partial charge in [-0.3, -0.25) is 14.3 Å². The smallest absolute Gasteiger partial charge is 0.313 e. The van der Waals surface area contributed by atoms with E-state index in [4.69, 9.17) is 14.2 Å². The number of esters is 1. The summed E-state index contributed by atoms with van der Waals surface area (Å²) in [5.74, 6) is -1.08. The van der Waals surface area contributed by atoms with Gasteiger partial charge in [-0.05, 0) is 35.2 Å². The van der Waals surface area contributed by atoms with Gasteiger partial charge in [-0.1, -0.05) is 62.9 Å². The van der Waals surface area contributed by atoms with Crippen LogP contribution in [0.4, 0.5) is 4.39 Å². The van der Waals surface area contributed by atoms with Crippen LogP contribution in [0.25, 0.3) is 28.1 Å². The van der Waals surface area contributed by atoms with Gasteiger partial charge in [0.05, 0.1) is 23.9 Å². The highest BCUT2D eigenvalue weighted by atomic mass is 31.1. The van der Waals surface area contributed by atoms with Gasteiger partial charge in [-0.15, -0.1) is 0 Å². The average Bonchev–Trinajstić information content (AvgIpc) is 2.83. The summed E-state index contributed by atoms with van der Waals surface area (Å²) in [6, 6.07) is 17.5. The van der Waals surface area contributed by atoms with Crippen LogP contribution in [-0.4, -0.2) is 35.4 Å². The lowest BCUT2D eigenvalue weighted by molar-refractivity contribution is -0.138. The highest BCUT2D eigenvalue weighted by Gasteiger charge is 2.23. The van der Waals surface area contributed by atoms with Gasteiger partial charge in [0.15, 0.2) is 8.03 Å². The number of pyridine rings is 1. The van der Waals surface area contributed by atoms with E-state index in [1.54, 1.807) is 12.1 Å². The predicted octanol–water partition coefficient (Wildman–Crippen LogP) is 6.06. The molecular formula is C27H29FNO5P. The van der Waals surface area contributed by atoms with Gasteiger partial charge in [0, 0.05) is 24.4 Å². The van der Waals surface area contributed by atoms with E-state index in [9.17, 15) is 18.9 Å². The Morgan fingerprint density at radius 2 is 1.77 bits per heavy atom. The van der Waals surface area contributed by atoms with Crippen LogP contribution in [0.5, 0.6) is 0 Å². The van der Waals surface area contributed by atoms with Crippen molar-refractivity contribution in [2.75, 3.05) is 13.3 Å². The molecule has 35 heavy (non-hydrogen) atoms. The Bertz CT molecular complexity index is 1210. The number of halogens is 1. The minimum Gasteiger partial charge on any atom is -0.426 e. The van der Waals surface area contributed by atoms with Crippen LogP contribution in [0.15, 0.2) is 67.2 Å². The third kappa shape index (κ3) is 6.95. The first-order valence-electron chi connectivity index (χ1n) is 11.2. The number of ether oxygens (including phenoxy) is 1. The number of carbonyl (C=O) groups excluding carboxylic acids is 1. The topological polar surface area (TPSA) is 85.7 Å². The van der Waals surface area contributed by atoms with Gasteiger partial charge in [-0.2, -0.15) is 0 Å². The highest BCUT2D eigenvalue weighted by molar-refractivity contribution is 7.39. The van der Waals surface area contributed by atoms with Crippen molar-refractivity contribution in [2.24, 2.45) is 0 Å². The van der Waals surface area contributed by atoms with E-state index in [0.29, 0.717) is 22.4 Å². The summed E-state index contributed by atoms with van der Waals surface area (Å²) in [5.41, 5.74) is 4.21. The molecule has 6 nitrogen and oxygen atoms in total. The summed E-state index contributed by atoms with van der Waals surface area (Å²) >= 11 is 0. The summed E-state index contributed by atoms with van der Waals surface area (Å²) in [4.78, 5) is 17.4. The Morgan fingerprint density at radius 1 is 1.11 bits per heavy atom. The molecule has 0 fully saturated rings. The molecule has 8 heteroatoms. The molecule has 2 atom stereocenters. The Kier molecular flexibility index (Phi) is 9.10. The number of carbonyl (C=O) groups is 1. The fourth-order valence-corrected chi connectivity index (χ4v) is 4.36. The number of benzene rings is 2. The van der Waals surface area contributed by atoms with Crippen molar-refractivity contribution in [1.29, 1.82) is 0 Å². The van der Waals surface area contributed by atoms with Crippen LogP contribution in [-0.2, 0) is 18.6 Å². The first-order valence-corrected chi connectivity index (χ1v) is 12.7. The molecule has 1 N–H and O–H groups in total. The van der Waals surface area contributed by atoms with Crippen LogP contribution in [0, 0.1) is 5.82 Å². The molecule has 1 aromatic heterocycles. The lowest BCUT2D eigenvalue weighted by atomic mass is 9.91. The maximum absolute atomic E-state index is 13.7. The van der Waals surface area contributed by atoms with E-state index < -0.39 is 20.1 Å². The fourth-order valence-electron chi connectivity index (χ4n) is 3.66. The third-order valence-corrected chi connectivity index (χ3v) is 6.63. The van der Waals surface area contributed by atoms with Gasteiger partial charge >= 0.3 is 5.97 Å². The van der Waals surface area contributed by atoms with Gasteiger partial charge in [0.1, 0.15) is 11.6 Å². The van der Waals surface area contributed by atoms with Crippen LogP contribution in [0.3, 0.4) is 0 Å². The molecule has 0 aliphatic heterocycles. The Hall–Kier alpha value is -3.12. The molecular weight excluding hydrogens is 468 g/mol. The van der Waals surface area contributed by atoms with Gasteiger partial charge in [-0.25, -0.2) is 4.39 Å². The third-order valence-electron chi connectivity index (χ3n) is 5.37. The quantitative estimate of drug-likeness (QED) is 0.208. The van der Waals surface area contributed by atoms with Gasteiger partial charge in [0.2, 0.25) is 0 Å². The normalized spacial score (nSPS) is 12.9. The summed E-state index contributed by atoms with van der Waals surface area (Å²) < 4.78 is 35.4. The van der Waals surface area contributed by atoms with E-state index in [1.807, 2.05) is 50.2 Å². The Labute approximate surface area is 205 Å². The number of aromatic nitrogens is 1. The molecule has 3 aromatic rings. The van der Waals surface area contributed by atoms with E-state index in [0.717, 1.165) is 11.3 Å². The van der Waals surface area contributed by atoms with Crippen molar-refractivity contribution in [2.45, 2.75) is 32.3 Å². The maximum Gasteiger partial charge on any atom is 0.313 e. The second-order valence-electron chi connectivity index (χ2n) is 8.38. The molecule has 1 heterocycles. The number of nitrogens with zero attached hydrogens (tertiary/aromatic N) is 1. The molecule has 0 spiro atoms. The highest BCUT2D eigenvalue weighted by Crippen LogP contribution is 2.37. The number of rotatable bonds is 10. The van der Waals surface area contributed by atoms with Crippen LogP contribution in [0.1, 0.15) is 37.4 Å². The summed E-state index contributed by atoms with van der Waals surface area (Å²) in [6.45, 7) is 7.92. The average molecular weight is 498 g/mol. The lowest BCUT2D eigenvalue weighted by Crippen LogP contribution is -2.18. The van der Waals surface area contributed by atoms with Crippen molar-refractivity contribution >= 4 is 19.8 Å². The molecule has 0 saturated carbocycles. The van der Waals surface area contributed by atoms with Gasteiger partial charge in [0.25, 0.3) is 0 Å². The number of hydrogen-bond donors (Lipinski definition) is 1. The molecule has 2 unspecified atom stereocenters. The summed E-state index contributed by atoms with van der Waals surface area (Å²) in [7, 11) is -1.14. The molecule has 184 valence electrons. The van der Waals surface area contributed by atoms with E-state index in [1.165, 1.54) is 19.2 Å². The van der Waals surface area contributed by atoms with Crippen molar-refractivity contribution in [3.8, 4) is 22.4 Å². The minimum atomic E-state index is -2.42. The second kappa shape index (κ2) is 12.0. The van der Waals surface area contributed by atoms with E-state index in [-0.39, 0.29) is 30.1 Å². The SMILES string of the molecule is C=C(OC(=O)CC(O)C[PH](=O)OC)c1c(-c2ccc(F)cc2)cc(-c2ccccc2)nc1C(C)C. The standard InChI is InChI=1S/C27H29FNO5P/c1-17(2)27-26(18(3)34-25(31)14-22(30)16-35(32)33-4)23(19-10-12-21(28)13-11-19)15-24(29-27)20-8-6-5-7-9-20/h5-13,15,17,22,30,35H,3,14,16H2,1-2,4H3. The van der Waals surface area contributed by atoms with Gasteiger partial charge < -0.3 is 14.4 Å². The zero-order valence-corrected chi connectivity index (χ0v) is 21.0. The Balaban J connectivity index is 2.04. The lowest BCUT2D eigenvalue weighted by Gasteiger charge is -2.20.